The number of amides is 2. The summed E-state index contributed by atoms with van der Waals surface area (Å²) in [7, 11) is 1.40. The standard InChI is InChI=1S/C11H17N3O2/c1-16-14-11(15)13-9-5-8-12-10-6-3-2-4-7-10/h2-4,6-7,12H,5,8-9H2,1H3,(H2,13,14,15). The van der Waals surface area contributed by atoms with Crippen LogP contribution in [0.4, 0.5) is 10.5 Å². The number of hydroxylamine groups is 1. The zero-order chi connectivity index (χ0) is 11.6. The van der Waals surface area contributed by atoms with E-state index in [4.69, 9.17) is 0 Å². The Kier molecular flexibility index (Phi) is 5.80. The first kappa shape index (κ1) is 12.3. The van der Waals surface area contributed by atoms with Crippen molar-refractivity contribution in [1.29, 1.82) is 0 Å². The maximum absolute atomic E-state index is 10.9. The van der Waals surface area contributed by atoms with Crippen LogP contribution in [0.5, 0.6) is 0 Å². The van der Waals surface area contributed by atoms with Gasteiger partial charge in [-0.15, -0.1) is 0 Å². The first-order valence-corrected chi connectivity index (χ1v) is 5.18. The molecule has 0 aliphatic heterocycles. The minimum absolute atomic E-state index is 0.317. The number of para-hydroxylation sites is 1. The molecule has 1 aromatic carbocycles. The summed E-state index contributed by atoms with van der Waals surface area (Å²) in [6.45, 7) is 1.42. The van der Waals surface area contributed by atoms with E-state index in [0.29, 0.717) is 6.54 Å². The van der Waals surface area contributed by atoms with E-state index in [1.807, 2.05) is 30.3 Å². The number of rotatable bonds is 6. The molecule has 0 saturated carbocycles. The van der Waals surface area contributed by atoms with Crippen LogP contribution in [-0.2, 0) is 4.84 Å². The van der Waals surface area contributed by atoms with Gasteiger partial charge in [0.2, 0.25) is 0 Å². The van der Waals surface area contributed by atoms with E-state index in [1.54, 1.807) is 0 Å². The summed E-state index contributed by atoms with van der Waals surface area (Å²) in [6, 6.07) is 9.62. The van der Waals surface area contributed by atoms with E-state index in [0.717, 1.165) is 18.7 Å². The fourth-order valence-corrected chi connectivity index (χ4v) is 1.21. The molecule has 0 spiro atoms. The first-order valence-electron chi connectivity index (χ1n) is 5.18. The van der Waals surface area contributed by atoms with E-state index in [1.165, 1.54) is 7.11 Å². The summed E-state index contributed by atoms with van der Waals surface area (Å²) in [4.78, 5) is 15.4. The van der Waals surface area contributed by atoms with E-state index in [2.05, 4.69) is 21.0 Å². The SMILES string of the molecule is CONC(=O)NCCCNc1ccccc1. The van der Waals surface area contributed by atoms with Gasteiger partial charge in [0.15, 0.2) is 0 Å². The number of carbonyl (C=O) groups excluding carboxylic acids is 1. The fraction of sp³-hybridized carbons (Fsp3) is 0.364. The molecule has 2 amide bonds. The number of hydrogen-bond acceptors (Lipinski definition) is 3. The van der Waals surface area contributed by atoms with Crippen molar-refractivity contribution in [2.24, 2.45) is 0 Å². The van der Waals surface area contributed by atoms with E-state index >= 15 is 0 Å². The van der Waals surface area contributed by atoms with Crippen molar-refractivity contribution in [3.8, 4) is 0 Å². The summed E-state index contributed by atoms with van der Waals surface area (Å²) in [5.41, 5.74) is 3.27. The van der Waals surface area contributed by atoms with Gasteiger partial charge >= 0.3 is 6.03 Å². The number of hydrogen-bond donors (Lipinski definition) is 3. The predicted octanol–water partition coefficient (Wildman–Crippen LogP) is 1.35. The van der Waals surface area contributed by atoms with Gasteiger partial charge in [0, 0.05) is 18.8 Å². The van der Waals surface area contributed by atoms with Crippen molar-refractivity contribution in [3.05, 3.63) is 30.3 Å². The Hall–Kier alpha value is -1.75. The van der Waals surface area contributed by atoms with Gasteiger partial charge in [-0.1, -0.05) is 18.2 Å². The van der Waals surface area contributed by atoms with Gasteiger partial charge in [0.1, 0.15) is 0 Å². The molecule has 0 radical (unpaired) electrons. The minimum Gasteiger partial charge on any atom is -0.385 e. The Morgan fingerprint density at radius 2 is 2.00 bits per heavy atom. The second-order valence-corrected chi connectivity index (χ2v) is 3.21. The highest BCUT2D eigenvalue weighted by atomic mass is 16.6. The molecule has 0 atom stereocenters. The van der Waals surface area contributed by atoms with Crippen LogP contribution < -0.4 is 16.1 Å². The van der Waals surface area contributed by atoms with Crippen LogP contribution in [0, 0.1) is 0 Å². The Morgan fingerprint density at radius 3 is 2.69 bits per heavy atom. The third-order valence-corrected chi connectivity index (χ3v) is 1.94. The molecule has 5 nitrogen and oxygen atoms in total. The lowest BCUT2D eigenvalue weighted by atomic mass is 10.3. The van der Waals surface area contributed by atoms with Gasteiger partial charge in [-0.2, -0.15) is 0 Å². The lowest BCUT2D eigenvalue weighted by molar-refractivity contribution is 0.107. The normalized spacial score (nSPS) is 9.56. The molecule has 16 heavy (non-hydrogen) atoms. The van der Waals surface area contributed by atoms with Crippen LogP contribution in [0.2, 0.25) is 0 Å². The minimum atomic E-state index is -0.317. The summed E-state index contributed by atoms with van der Waals surface area (Å²) >= 11 is 0. The van der Waals surface area contributed by atoms with Gasteiger partial charge in [-0.05, 0) is 18.6 Å². The summed E-state index contributed by atoms with van der Waals surface area (Å²) in [5.74, 6) is 0. The lowest BCUT2D eigenvalue weighted by Crippen LogP contribution is -2.35. The molecular weight excluding hydrogens is 206 g/mol. The molecule has 0 bridgehead atoms. The van der Waals surface area contributed by atoms with Crippen molar-refractivity contribution >= 4 is 11.7 Å². The molecule has 3 N–H and O–H groups in total. The Labute approximate surface area is 95.1 Å². The molecule has 0 fully saturated rings. The summed E-state index contributed by atoms with van der Waals surface area (Å²) in [6.07, 6.45) is 0.853. The molecule has 0 heterocycles. The number of urea groups is 1. The smallest absolute Gasteiger partial charge is 0.338 e. The number of nitrogens with one attached hydrogen (secondary N) is 3. The van der Waals surface area contributed by atoms with Crippen LogP contribution in [0.3, 0.4) is 0 Å². The van der Waals surface area contributed by atoms with Gasteiger partial charge in [0.05, 0.1) is 7.11 Å². The second kappa shape index (κ2) is 7.53. The quantitative estimate of drug-likeness (QED) is 0.504. The molecular formula is C11H17N3O2. The predicted molar refractivity (Wildman–Crippen MR) is 63.1 cm³/mol. The van der Waals surface area contributed by atoms with Gasteiger partial charge in [-0.3, -0.25) is 4.84 Å². The van der Waals surface area contributed by atoms with E-state index in [-0.39, 0.29) is 6.03 Å². The molecule has 0 aromatic heterocycles. The molecule has 88 valence electrons. The number of anilines is 1. The van der Waals surface area contributed by atoms with Crippen molar-refractivity contribution in [3.63, 3.8) is 0 Å². The highest BCUT2D eigenvalue weighted by Gasteiger charge is 1.96. The molecule has 1 rings (SSSR count). The van der Waals surface area contributed by atoms with Crippen LogP contribution in [0.15, 0.2) is 30.3 Å². The summed E-state index contributed by atoms with van der Waals surface area (Å²) in [5, 5.41) is 5.90. The van der Waals surface area contributed by atoms with Crippen LogP contribution in [-0.4, -0.2) is 26.2 Å². The van der Waals surface area contributed by atoms with Gasteiger partial charge < -0.3 is 10.6 Å². The molecule has 0 unspecified atom stereocenters. The zero-order valence-electron chi connectivity index (χ0n) is 9.32. The van der Waals surface area contributed by atoms with Crippen molar-refractivity contribution in [1.82, 2.24) is 10.8 Å². The van der Waals surface area contributed by atoms with E-state index in [9.17, 15) is 4.79 Å². The fourth-order valence-electron chi connectivity index (χ4n) is 1.21. The number of benzene rings is 1. The lowest BCUT2D eigenvalue weighted by Gasteiger charge is -2.07. The average molecular weight is 223 g/mol. The van der Waals surface area contributed by atoms with E-state index < -0.39 is 0 Å². The first-order chi connectivity index (χ1) is 7.83. The molecule has 1 aromatic rings. The second-order valence-electron chi connectivity index (χ2n) is 3.21. The maximum atomic E-state index is 10.9. The third-order valence-electron chi connectivity index (χ3n) is 1.94. The zero-order valence-corrected chi connectivity index (χ0v) is 9.32. The van der Waals surface area contributed by atoms with Crippen molar-refractivity contribution < 1.29 is 9.63 Å². The van der Waals surface area contributed by atoms with Gasteiger partial charge in [0.25, 0.3) is 0 Å². The Bertz CT molecular complexity index is 303. The number of carbonyl (C=O) groups is 1. The van der Waals surface area contributed by atoms with Gasteiger partial charge in [-0.25, -0.2) is 10.3 Å². The highest BCUT2D eigenvalue weighted by Crippen LogP contribution is 2.03. The molecule has 5 heteroatoms. The highest BCUT2D eigenvalue weighted by molar-refractivity contribution is 5.72. The van der Waals surface area contributed by atoms with Crippen LogP contribution in [0.25, 0.3) is 0 Å². The Morgan fingerprint density at radius 1 is 1.25 bits per heavy atom. The monoisotopic (exact) mass is 223 g/mol. The van der Waals surface area contributed by atoms with Crippen molar-refractivity contribution in [2.45, 2.75) is 6.42 Å². The topological polar surface area (TPSA) is 62.4 Å². The van der Waals surface area contributed by atoms with Crippen LogP contribution >= 0.6 is 0 Å². The molecule has 0 aliphatic rings. The van der Waals surface area contributed by atoms with Crippen LogP contribution in [0.1, 0.15) is 6.42 Å². The third kappa shape index (κ3) is 5.21. The molecule has 0 saturated heterocycles. The summed E-state index contributed by atoms with van der Waals surface area (Å²) < 4.78 is 0. The maximum Gasteiger partial charge on any atom is 0.338 e. The Balaban J connectivity index is 2.02. The average Bonchev–Trinajstić information content (AvgIpc) is 2.30. The van der Waals surface area contributed by atoms with Crippen molar-refractivity contribution in [2.75, 3.05) is 25.5 Å². The molecule has 0 aliphatic carbocycles. The largest absolute Gasteiger partial charge is 0.385 e.